The third-order valence-corrected chi connectivity index (χ3v) is 18.1. The standard InChI is InChI=1S/C54H61Cl2FN2O9SSi/c1-13-25-62-29-40(30-63-34(4)60)65-48-46(55)32(2)43(33(3)47(48)56)44-45-50(58-31-59-51(45)69-49(44)36-19-21-38(57)22-20-36)66-42(52(61)67-53(5,6)7)27-37-26-39(68-70(11,12)54(8,9)10)23-24-41(37)64-28-35-17-15-14-16-18-35/h13-24,26,31,40,42H,1,25,27-30H2,2-12H3/t40-,42-/m1/s1. The number of fused-ring (bicyclic) bond motifs is 1. The highest BCUT2D eigenvalue weighted by Crippen LogP contribution is 2.53. The number of nitrogens with zero attached hydrogens (tertiary/aromatic N) is 2. The van der Waals surface area contributed by atoms with Crippen molar-refractivity contribution in [2.75, 3.05) is 19.8 Å². The van der Waals surface area contributed by atoms with E-state index < -0.39 is 43.9 Å². The number of thiophene rings is 1. The van der Waals surface area contributed by atoms with Gasteiger partial charge in [-0.25, -0.2) is 19.2 Å². The molecule has 0 amide bonds. The molecule has 6 rings (SSSR count). The summed E-state index contributed by atoms with van der Waals surface area (Å²) in [5, 5.41) is 0.724. The van der Waals surface area contributed by atoms with Crippen molar-refractivity contribution in [3.63, 3.8) is 0 Å². The van der Waals surface area contributed by atoms with Gasteiger partial charge in [0.05, 0.1) is 28.6 Å². The molecule has 0 radical (unpaired) electrons. The number of aromatic nitrogens is 2. The summed E-state index contributed by atoms with van der Waals surface area (Å²) >= 11 is 15.8. The molecule has 0 aliphatic heterocycles. The second-order valence-corrected chi connectivity index (χ2v) is 25.9. The molecular formula is C54H61Cl2FN2O9SSi. The van der Waals surface area contributed by atoms with Gasteiger partial charge in [0.1, 0.15) is 47.3 Å². The summed E-state index contributed by atoms with van der Waals surface area (Å²) in [6.45, 7) is 25.3. The highest BCUT2D eigenvalue weighted by atomic mass is 35.5. The van der Waals surface area contributed by atoms with Crippen molar-refractivity contribution in [3.05, 3.63) is 130 Å². The third-order valence-electron chi connectivity index (χ3n) is 11.7. The van der Waals surface area contributed by atoms with Crippen molar-refractivity contribution in [2.45, 2.75) is 111 Å². The van der Waals surface area contributed by atoms with Gasteiger partial charge < -0.3 is 32.8 Å². The number of esters is 2. The van der Waals surface area contributed by atoms with Crippen molar-refractivity contribution in [3.8, 4) is 44.7 Å². The number of carbonyl (C=O) groups excluding carboxylic acids is 2. The smallest absolute Gasteiger partial charge is 0.348 e. The Morgan fingerprint density at radius 3 is 2.17 bits per heavy atom. The van der Waals surface area contributed by atoms with Crippen LogP contribution >= 0.6 is 34.5 Å². The zero-order valence-corrected chi connectivity index (χ0v) is 44.9. The van der Waals surface area contributed by atoms with Crippen LogP contribution in [0.1, 0.15) is 70.7 Å². The van der Waals surface area contributed by atoms with Crippen LogP contribution < -0.4 is 18.6 Å². The lowest BCUT2D eigenvalue weighted by atomic mass is 9.92. The molecule has 2 aromatic heterocycles. The maximum atomic E-state index is 14.6. The number of ether oxygens (including phenoxy) is 6. The monoisotopic (exact) mass is 1030 g/mol. The lowest BCUT2D eigenvalue weighted by Crippen LogP contribution is -2.43. The first-order chi connectivity index (χ1) is 33.0. The number of hydrogen-bond donors (Lipinski definition) is 0. The van der Waals surface area contributed by atoms with Crippen molar-refractivity contribution in [1.29, 1.82) is 0 Å². The third kappa shape index (κ3) is 13.3. The normalized spacial score (nSPS) is 12.8. The molecule has 11 nitrogen and oxygen atoms in total. The Bertz CT molecular complexity index is 2800. The van der Waals surface area contributed by atoms with Crippen LogP contribution in [0.25, 0.3) is 31.8 Å². The largest absolute Gasteiger partial charge is 0.543 e. The Labute approximate surface area is 425 Å². The Morgan fingerprint density at radius 1 is 0.886 bits per heavy atom. The maximum absolute atomic E-state index is 14.6. The minimum absolute atomic E-state index is 0.00368. The Hall–Kier alpha value is -5.51. The Morgan fingerprint density at radius 2 is 1.56 bits per heavy atom. The second kappa shape index (κ2) is 22.7. The van der Waals surface area contributed by atoms with Gasteiger partial charge in [0.15, 0.2) is 11.9 Å². The molecule has 0 N–H and O–H groups in total. The minimum Gasteiger partial charge on any atom is -0.543 e. The highest BCUT2D eigenvalue weighted by Gasteiger charge is 2.39. The number of benzene rings is 4. The van der Waals surface area contributed by atoms with E-state index >= 15 is 0 Å². The molecule has 0 saturated heterocycles. The average molecular weight is 1030 g/mol. The zero-order valence-electron chi connectivity index (χ0n) is 41.6. The summed E-state index contributed by atoms with van der Waals surface area (Å²) < 4.78 is 58.1. The summed E-state index contributed by atoms with van der Waals surface area (Å²) in [7, 11) is -2.31. The summed E-state index contributed by atoms with van der Waals surface area (Å²) in [5.74, 6) is -0.141. The fourth-order valence-corrected chi connectivity index (χ4v) is 9.89. The summed E-state index contributed by atoms with van der Waals surface area (Å²) in [6, 6.07) is 21.6. The van der Waals surface area contributed by atoms with Gasteiger partial charge in [-0.05, 0) is 111 Å². The maximum Gasteiger partial charge on any atom is 0.348 e. The van der Waals surface area contributed by atoms with E-state index in [1.165, 1.54) is 36.7 Å². The van der Waals surface area contributed by atoms with Crippen LogP contribution in [0.15, 0.2) is 91.8 Å². The Balaban J connectivity index is 1.53. The molecule has 70 heavy (non-hydrogen) atoms. The lowest BCUT2D eigenvalue weighted by molar-refractivity contribution is -0.163. The zero-order chi connectivity index (χ0) is 51.1. The summed E-state index contributed by atoms with van der Waals surface area (Å²) in [4.78, 5) is 37.0. The number of halogens is 3. The molecule has 0 fully saturated rings. The van der Waals surface area contributed by atoms with Gasteiger partial charge >= 0.3 is 11.9 Å². The topological polar surface area (TPSA) is 125 Å². The lowest BCUT2D eigenvalue weighted by Gasteiger charge is -2.36. The van der Waals surface area contributed by atoms with Gasteiger partial charge in [0, 0.05) is 29.3 Å². The van der Waals surface area contributed by atoms with E-state index in [1.54, 1.807) is 39.0 Å². The van der Waals surface area contributed by atoms with Crippen LogP contribution in [0.3, 0.4) is 0 Å². The molecule has 0 bridgehead atoms. The van der Waals surface area contributed by atoms with Crippen molar-refractivity contribution in [2.24, 2.45) is 0 Å². The first kappa shape index (κ1) is 53.8. The minimum atomic E-state index is -2.31. The van der Waals surface area contributed by atoms with Crippen molar-refractivity contribution < 1.29 is 46.8 Å². The van der Waals surface area contributed by atoms with Crippen LogP contribution in [0.4, 0.5) is 4.39 Å². The van der Waals surface area contributed by atoms with Gasteiger partial charge in [0.25, 0.3) is 0 Å². The van der Waals surface area contributed by atoms with Gasteiger partial charge in [-0.2, -0.15) is 0 Å². The molecule has 2 atom stereocenters. The molecule has 0 saturated carbocycles. The quantitative estimate of drug-likeness (QED) is 0.0314. The van der Waals surface area contributed by atoms with Crippen molar-refractivity contribution in [1.82, 2.24) is 9.97 Å². The molecule has 372 valence electrons. The van der Waals surface area contributed by atoms with Crippen LogP contribution in [0.5, 0.6) is 23.1 Å². The Kier molecular flexibility index (Phi) is 17.5. The van der Waals surface area contributed by atoms with Gasteiger partial charge in [-0.1, -0.05) is 92.5 Å². The molecule has 6 aromatic rings. The fraction of sp³-hybridized carbons (Fsp3) is 0.370. The first-order valence-electron chi connectivity index (χ1n) is 22.9. The molecule has 4 aromatic carbocycles. The van der Waals surface area contributed by atoms with Crippen LogP contribution in [-0.4, -0.2) is 67.9 Å². The van der Waals surface area contributed by atoms with Crippen LogP contribution in [0, 0.1) is 19.7 Å². The van der Waals surface area contributed by atoms with Crippen LogP contribution in [0.2, 0.25) is 28.2 Å². The number of carbonyl (C=O) groups is 2. The molecule has 0 spiro atoms. The first-order valence-corrected chi connectivity index (χ1v) is 27.3. The SMILES string of the molecule is C=CCOC[C@H](COC(C)=O)Oc1c(Cl)c(C)c(-c2c(-c3ccc(F)cc3)sc3ncnc(O[C@H](Cc4cc(O[Si](C)(C)C(C)(C)C)ccc4OCc4ccccc4)C(=O)OC(C)(C)C)c23)c(C)c1Cl. The molecule has 16 heteroatoms. The molecule has 0 aliphatic rings. The van der Waals surface area contributed by atoms with E-state index in [9.17, 15) is 14.0 Å². The number of hydrogen-bond acceptors (Lipinski definition) is 12. The van der Waals surface area contributed by atoms with E-state index in [2.05, 4.69) is 40.4 Å². The summed E-state index contributed by atoms with van der Waals surface area (Å²) in [5.41, 5.74) is 3.71. The van der Waals surface area contributed by atoms with Crippen LogP contribution in [-0.2, 0) is 36.8 Å². The molecule has 0 unspecified atom stereocenters. The second-order valence-electron chi connectivity index (χ2n) is 19.4. The van der Waals surface area contributed by atoms with E-state index in [1.807, 2.05) is 62.4 Å². The van der Waals surface area contributed by atoms with Gasteiger partial charge in [-0.15, -0.1) is 17.9 Å². The molecule has 0 aliphatic carbocycles. The molecule has 2 heterocycles. The van der Waals surface area contributed by atoms with E-state index in [0.29, 0.717) is 60.0 Å². The predicted octanol–water partition coefficient (Wildman–Crippen LogP) is 13.9. The van der Waals surface area contributed by atoms with Gasteiger partial charge in [-0.3, -0.25) is 4.79 Å². The average Bonchev–Trinajstić information content (AvgIpc) is 3.67. The van der Waals surface area contributed by atoms with E-state index in [4.69, 9.17) is 66.0 Å². The fourth-order valence-electron chi connectivity index (χ4n) is 7.21. The van der Waals surface area contributed by atoms with E-state index in [-0.39, 0.29) is 59.6 Å². The van der Waals surface area contributed by atoms with Gasteiger partial charge in [0.2, 0.25) is 20.3 Å². The predicted molar refractivity (Wildman–Crippen MR) is 279 cm³/mol. The van der Waals surface area contributed by atoms with Crippen molar-refractivity contribution >= 4 is 65.0 Å². The summed E-state index contributed by atoms with van der Waals surface area (Å²) in [6.07, 6.45) is 0.909. The number of rotatable bonds is 20. The highest BCUT2D eigenvalue weighted by molar-refractivity contribution is 7.22. The van der Waals surface area contributed by atoms with E-state index in [0.717, 1.165) is 5.56 Å². The molecular weight excluding hydrogens is 971 g/mol.